The first kappa shape index (κ1) is 13.4. The van der Waals surface area contributed by atoms with E-state index in [0.29, 0.717) is 17.0 Å². The maximum atomic E-state index is 11.0. The lowest BCUT2D eigenvalue weighted by Crippen LogP contribution is -1.95. The molecule has 2 aromatic heterocycles. The number of carboxylic acid groups (broad SMARTS) is 1. The predicted molar refractivity (Wildman–Crippen MR) is 77.6 cm³/mol. The van der Waals surface area contributed by atoms with E-state index in [2.05, 4.69) is 31.1 Å². The number of nitrogens with zero attached hydrogens (tertiary/aromatic N) is 3. The Morgan fingerprint density at radius 1 is 1.10 bits per heavy atom. The molecule has 1 N–H and O–H groups in total. The fourth-order valence-corrected chi connectivity index (χ4v) is 2.14. The largest absolute Gasteiger partial charge is 0.478 e. The summed E-state index contributed by atoms with van der Waals surface area (Å²) < 4.78 is 6.37. The van der Waals surface area contributed by atoms with E-state index in [9.17, 15) is 4.79 Å². The Bertz CT molecular complexity index is 816. The SMILES string of the molecule is O=C(O)c1cccc(-c2nnc(-c3cncc(Br)c3)o2)c1. The van der Waals surface area contributed by atoms with Crippen molar-refractivity contribution in [2.24, 2.45) is 0 Å². The summed E-state index contributed by atoms with van der Waals surface area (Å²) in [5, 5.41) is 16.9. The standard InChI is InChI=1S/C14H8BrN3O3/c15-11-5-10(6-16-7-11)13-18-17-12(21-13)8-2-1-3-9(4-8)14(19)20/h1-7H,(H,19,20). The molecule has 0 spiro atoms. The fraction of sp³-hybridized carbons (Fsp3) is 0. The van der Waals surface area contributed by atoms with Gasteiger partial charge in [-0.3, -0.25) is 4.98 Å². The van der Waals surface area contributed by atoms with Gasteiger partial charge in [0.2, 0.25) is 11.8 Å². The van der Waals surface area contributed by atoms with Crippen molar-refractivity contribution in [2.45, 2.75) is 0 Å². The van der Waals surface area contributed by atoms with Crippen LogP contribution < -0.4 is 0 Å². The van der Waals surface area contributed by atoms with Gasteiger partial charge in [-0.15, -0.1) is 10.2 Å². The van der Waals surface area contributed by atoms with Crippen LogP contribution in [0.15, 0.2) is 51.6 Å². The van der Waals surface area contributed by atoms with Gasteiger partial charge in [0.25, 0.3) is 0 Å². The van der Waals surface area contributed by atoms with Crippen LogP contribution in [0.1, 0.15) is 10.4 Å². The zero-order valence-electron chi connectivity index (χ0n) is 10.5. The van der Waals surface area contributed by atoms with E-state index in [-0.39, 0.29) is 11.5 Å². The molecule has 0 aliphatic carbocycles. The molecule has 2 heterocycles. The molecule has 1 aromatic carbocycles. The van der Waals surface area contributed by atoms with Crippen LogP contribution in [0.3, 0.4) is 0 Å². The van der Waals surface area contributed by atoms with E-state index in [1.807, 2.05) is 0 Å². The number of pyridine rings is 1. The van der Waals surface area contributed by atoms with E-state index in [1.165, 1.54) is 12.1 Å². The molecule has 0 bridgehead atoms. The molecule has 21 heavy (non-hydrogen) atoms. The average molecular weight is 346 g/mol. The fourth-order valence-electron chi connectivity index (χ4n) is 1.77. The summed E-state index contributed by atoms with van der Waals surface area (Å²) in [5.41, 5.74) is 1.39. The highest BCUT2D eigenvalue weighted by atomic mass is 79.9. The third-order valence-electron chi connectivity index (χ3n) is 2.73. The van der Waals surface area contributed by atoms with Gasteiger partial charge in [0, 0.05) is 22.4 Å². The number of carbonyl (C=O) groups is 1. The molecule has 0 radical (unpaired) electrons. The highest BCUT2D eigenvalue weighted by Crippen LogP contribution is 2.25. The maximum absolute atomic E-state index is 11.0. The lowest BCUT2D eigenvalue weighted by atomic mass is 10.1. The summed E-state index contributed by atoms with van der Waals surface area (Å²) in [5.74, 6) is -0.430. The molecule has 0 aliphatic rings. The third kappa shape index (κ3) is 2.82. The first-order valence-corrected chi connectivity index (χ1v) is 6.71. The topological polar surface area (TPSA) is 89.1 Å². The molecule has 0 fully saturated rings. The van der Waals surface area contributed by atoms with Gasteiger partial charge in [0.15, 0.2) is 0 Å². The summed E-state index contributed by atoms with van der Waals surface area (Å²) in [4.78, 5) is 15.0. The Hall–Kier alpha value is -2.54. The highest BCUT2D eigenvalue weighted by Gasteiger charge is 2.12. The monoisotopic (exact) mass is 345 g/mol. The number of hydrogen-bond donors (Lipinski definition) is 1. The molecule has 3 aromatic rings. The lowest BCUT2D eigenvalue weighted by molar-refractivity contribution is 0.0697. The van der Waals surface area contributed by atoms with Crippen LogP contribution in [-0.4, -0.2) is 26.3 Å². The summed E-state index contributed by atoms with van der Waals surface area (Å²) >= 11 is 3.32. The zero-order valence-corrected chi connectivity index (χ0v) is 12.1. The first-order valence-electron chi connectivity index (χ1n) is 5.91. The van der Waals surface area contributed by atoms with Crippen molar-refractivity contribution in [3.8, 4) is 22.9 Å². The van der Waals surface area contributed by atoms with E-state index in [1.54, 1.807) is 30.6 Å². The maximum Gasteiger partial charge on any atom is 0.335 e. The molecular weight excluding hydrogens is 338 g/mol. The van der Waals surface area contributed by atoms with Crippen molar-refractivity contribution in [1.82, 2.24) is 15.2 Å². The van der Waals surface area contributed by atoms with Crippen molar-refractivity contribution < 1.29 is 14.3 Å². The molecule has 0 saturated heterocycles. The molecule has 104 valence electrons. The lowest BCUT2D eigenvalue weighted by Gasteiger charge is -1.97. The zero-order chi connectivity index (χ0) is 14.8. The first-order chi connectivity index (χ1) is 10.1. The van der Waals surface area contributed by atoms with Crippen molar-refractivity contribution in [3.05, 3.63) is 52.8 Å². The van der Waals surface area contributed by atoms with Crippen LogP contribution in [0.2, 0.25) is 0 Å². The number of aromatic carboxylic acids is 1. The minimum absolute atomic E-state index is 0.163. The Kier molecular flexibility index (Phi) is 3.49. The molecule has 0 unspecified atom stereocenters. The van der Waals surface area contributed by atoms with E-state index in [0.717, 1.165) is 4.47 Å². The molecule has 6 nitrogen and oxygen atoms in total. The highest BCUT2D eigenvalue weighted by molar-refractivity contribution is 9.10. The summed E-state index contributed by atoms with van der Waals surface area (Å²) in [6.45, 7) is 0. The molecular formula is C14H8BrN3O3. The minimum atomic E-state index is -1.01. The summed E-state index contributed by atoms with van der Waals surface area (Å²) in [7, 11) is 0. The normalized spacial score (nSPS) is 10.5. The predicted octanol–water partition coefficient (Wildman–Crippen LogP) is 3.26. The Morgan fingerprint density at radius 2 is 1.86 bits per heavy atom. The number of rotatable bonds is 3. The van der Waals surface area contributed by atoms with Gasteiger partial charge in [-0.1, -0.05) is 6.07 Å². The number of hydrogen-bond acceptors (Lipinski definition) is 5. The molecule has 7 heteroatoms. The van der Waals surface area contributed by atoms with Gasteiger partial charge in [-0.2, -0.15) is 0 Å². The second kappa shape index (κ2) is 5.45. The number of carboxylic acids is 1. The van der Waals surface area contributed by atoms with Crippen LogP contribution in [-0.2, 0) is 0 Å². The second-order valence-electron chi connectivity index (χ2n) is 4.19. The van der Waals surface area contributed by atoms with E-state index < -0.39 is 5.97 Å². The van der Waals surface area contributed by atoms with Gasteiger partial charge in [-0.05, 0) is 40.2 Å². The molecule has 0 aliphatic heterocycles. The van der Waals surface area contributed by atoms with Crippen LogP contribution in [0, 0.1) is 0 Å². The smallest absolute Gasteiger partial charge is 0.335 e. The van der Waals surface area contributed by atoms with Crippen LogP contribution in [0.25, 0.3) is 22.9 Å². The molecule has 0 atom stereocenters. The summed E-state index contributed by atoms with van der Waals surface area (Å²) in [6.07, 6.45) is 3.26. The number of halogens is 1. The molecule has 3 rings (SSSR count). The van der Waals surface area contributed by atoms with Gasteiger partial charge in [0.1, 0.15) is 0 Å². The minimum Gasteiger partial charge on any atom is -0.478 e. The van der Waals surface area contributed by atoms with Crippen LogP contribution in [0.5, 0.6) is 0 Å². The van der Waals surface area contributed by atoms with Gasteiger partial charge < -0.3 is 9.52 Å². The average Bonchev–Trinajstić information content (AvgIpc) is 2.97. The van der Waals surface area contributed by atoms with E-state index >= 15 is 0 Å². The Labute approximate surface area is 127 Å². The van der Waals surface area contributed by atoms with Crippen molar-refractivity contribution in [3.63, 3.8) is 0 Å². The van der Waals surface area contributed by atoms with Gasteiger partial charge >= 0.3 is 5.97 Å². The van der Waals surface area contributed by atoms with Crippen molar-refractivity contribution >= 4 is 21.9 Å². The number of aromatic nitrogens is 3. The molecule has 0 amide bonds. The summed E-state index contributed by atoms with van der Waals surface area (Å²) in [6, 6.07) is 8.13. The Morgan fingerprint density at radius 3 is 2.57 bits per heavy atom. The van der Waals surface area contributed by atoms with Crippen molar-refractivity contribution in [2.75, 3.05) is 0 Å². The number of benzene rings is 1. The van der Waals surface area contributed by atoms with E-state index in [4.69, 9.17) is 9.52 Å². The second-order valence-corrected chi connectivity index (χ2v) is 5.11. The van der Waals surface area contributed by atoms with Crippen molar-refractivity contribution in [1.29, 1.82) is 0 Å². The Balaban J connectivity index is 1.98. The van der Waals surface area contributed by atoms with Crippen LogP contribution in [0.4, 0.5) is 0 Å². The van der Waals surface area contributed by atoms with Crippen LogP contribution >= 0.6 is 15.9 Å². The third-order valence-corrected chi connectivity index (χ3v) is 3.17. The van der Waals surface area contributed by atoms with Gasteiger partial charge in [-0.25, -0.2) is 4.79 Å². The molecule has 0 saturated carbocycles. The quantitative estimate of drug-likeness (QED) is 0.783. The van der Waals surface area contributed by atoms with Gasteiger partial charge in [0.05, 0.1) is 11.1 Å².